The Morgan fingerprint density at radius 2 is 1.75 bits per heavy atom. The molecule has 0 spiro atoms. The molecule has 48 valence electrons. The van der Waals surface area contributed by atoms with E-state index in [0.717, 1.165) is 0 Å². The summed E-state index contributed by atoms with van der Waals surface area (Å²) in [5.41, 5.74) is 0.313. The van der Waals surface area contributed by atoms with Gasteiger partial charge in [0.05, 0.1) is 0 Å². The van der Waals surface area contributed by atoms with E-state index in [2.05, 4.69) is 42.8 Å². The first-order valence-electron chi connectivity index (χ1n) is 2.77. The van der Waals surface area contributed by atoms with Crippen molar-refractivity contribution in [2.45, 2.75) is 27.7 Å². The molecule has 0 aromatic heterocycles. The number of halogens is 1. The van der Waals surface area contributed by atoms with Crippen LogP contribution in [0, 0.1) is 5.41 Å². The smallest absolute Gasteiger partial charge is 0.0115 e. The van der Waals surface area contributed by atoms with Gasteiger partial charge in [-0.05, 0) is 16.8 Å². The Labute approximate surface area is 60.1 Å². The average Bonchev–Trinajstić information content (AvgIpc) is 1.21. The minimum absolute atomic E-state index is 0.313. The molecule has 0 saturated carbocycles. The molecule has 0 atom stereocenters. The highest BCUT2D eigenvalue weighted by molar-refractivity contribution is 9.11. The van der Waals surface area contributed by atoms with E-state index in [-0.39, 0.29) is 0 Å². The molecule has 0 saturated heterocycles. The Kier molecular flexibility index (Phi) is 2.75. The van der Waals surface area contributed by atoms with Crippen LogP contribution in [0.3, 0.4) is 0 Å². The van der Waals surface area contributed by atoms with Crippen LogP contribution in [0.5, 0.6) is 0 Å². The quantitative estimate of drug-likeness (QED) is 0.532. The summed E-state index contributed by atoms with van der Waals surface area (Å²) in [6.45, 7) is 8.58. The summed E-state index contributed by atoms with van der Waals surface area (Å²) < 4.78 is 1.21. The lowest BCUT2D eigenvalue weighted by Crippen LogP contribution is -1.98. The zero-order valence-corrected chi connectivity index (χ0v) is 7.54. The average molecular weight is 177 g/mol. The molecule has 0 fully saturated rings. The molecule has 0 amide bonds. The minimum atomic E-state index is 0.313. The number of hydrogen-bond donors (Lipinski definition) is 0. The second kappa shape index (κ2) is 2.67. The van der Waals surface area contributed by atoms with E-state index in [1.54, 1.807) is 0 Å². The highest BCUT2D eigenvalue weighted by atomic mass is 79.9. The third kappa shape index (κ3) is 6.22. The summed E-state index contributed by atoms with van der Waals surface area (Å²) in [5.74, 6) is 0. The van der Waals surface area contributed by atoms with E-state index >= 15 is 0 Å². The number of allylic oxidation sites excluding steroid dienone is 2. The maximum atomic E-state index is 3.37. The summed E-state index contributed by atoms with van der Waals surface area (Å²) in [6, 6.07) is 0. The van der Waals surface area contributed by atoms with Crippen LogP contribution >= 0.6 is 15.9 Å². The lowest BCUT2D eigenvalue weighted by atomic mass is 9.97. The monoisotopic (exact) mass is 176 g/mol. The van der Waals surface area contributed by atoms with Gasteiger partial charge in [0.1, 0.15) is 0 Å². The summed E-state index contributed by atoms with van der Waals surface area (Å²) in [4.78, 5) is 0. The molecular weight excluding hydrogens is 164 g/mol. The van der Waals surface area contributed by atoms with Crippen molar-refractivity contribution in [3.8, 4) is 0 Å². The van der Waals surface area contributed by atoms with Crippen molar-refractivity contribution in [1.29, 1.82) is 0 Å². The van der Waals surface area contributed by atoms with Gasteiger partial charge >= 0.3 is 0 Å². The molecule has 0 nitrogen and oxygen atoms in total. The predicted octanol–water partition coefficient (Wildman–Crippen LogP) is 3.33. The van der Waals surface area contributed by atoms with Crippen LogP contribution < -0.4 is 0 Å². The topological polar surface area (TPSA) is 0 Å². The van der Waals surface area contributed by atoms with E-state index < -0.39 is 0 Å². The van der Waals surface area contributed by atoms with Gasteiger partial charge < -0.3 is 0 Å². The predicted molar refractivity (Wildman–Crippen MR) is 42.1 cm³/mol. The zero-order valence-electron chi connectivity index (χ0n) is 5.96. The molecule has 0 aliphatic carbocycles. The molecule has 8 heavy (non-hydrogen) atoms. The first-order valence-corrected chi connectivity index (χ1v) is 3.56. The maximum Gasteiger partial charge on any atom is -0.0115 e. The van der Waals surface area contributed by atoms with Gasteiger partial charge in [0, 0.05) is 0 Å². The Hall–Kier alpha value is 0.220. The molecule has 0 aromatic rings. The van der Waals surface area contributed by atoms with Crippen molar-refractivity contribution in [3.63, 3.8) is 0 Å². The van der Waals surface area contributed by atoms with Crippen molar-refractivity contribution < 1.29 is 0 Å². The Bertz CT molecular complexity index is 91.4. The third-order valence-corrected chi connectivity index (χ3v) is 0.861. The second-order valence-electron chi connectivity index (χ2n) is 3.10. The lowest BCUT2D eigenvalue weighted by molar-refractivity contribution is 0.543. The van der Waals surface area contributed by atoms with Crippen molar-refractivity contribution >= 4 is 15.9 Å². The molecule has 0 unspecified atom stereocenters. The summed E-state index contributed by atoms with van der Waals surface area (Å²) in [6.07, 6.45) is 2.19. The van der Waals surface area contributed by atoms with Gasteiger partial charge in [0.2, 0.25) is 0 Å². The maximum absolute atomic E-state index is 3.37. The normalized spacial score (nSPS) is 14.4. The molecule has 0 bridgehead atoms. The number of rotatable bonds is 0. The molecule has 1 heteroatoms. The first kappa shape index (κ1) is 8.22. The molecular formula is C7H13Br. The molecule has 0 rings (SSSR count). The van der Waals surface area contributed by atoms with Crippen molar-refractivity contribution in [1.82, 2.24) is 0 Å². The third-order valence-electron chi connectivity index (χ3n) is 0.632. The molecule has 0 aliphatic rings. The highest BCUT2D eigenvalue weighted by Crippen LogP contribution is 2.19. The van der Waals surface area contributed by atoms with Gasteiger partial charge in [-0.3, -0.25) is 0 Å². The van der Waals surface area contributed by atoms with E-state index in [1.165, 1.54) is 4.48 Å². The summed E-state index contributed by atoms with van der Waals surface area (Å²) in [7, 11) is 0. The Morgan fingerprint density at radius 3 is 1.75 bits per heavy atom. The van der Waals surface area contributed by atoms with E-state index in [4.69, 9.17) is 0 Å². The highest BCUT2D eigenvalue weighted by Gasteiger charge is 2.03. The van der Waals surface area contributed by atoms with Crippen molar-refractivity contribution in [3.05, 3.63) is 10.6 Å². The van der Waals surface area contributed by atoms with Gasteiger partial charge in [0.25, 0.3) is 0 Å². The number of hydrogen-bond acceptors (Lipinski definition) is 0. The van der Waals surface area contributed by atoms with Crippen LogP contribution in [0.2, 0.25) is 0 Å². The van der Waals surface area contributed by atoms with E-state index in [0.29, 0.717) is 5.41 Å². The van der Waals surface area contributed by atoms with Crippen LogP contribution in [0.1, 0.15) is 27.7 Å². The fourth-order valence-corrected chi connectivity index (χ4v) is 1.28. The molecule has 0 aromatic carbocycles. The first-order chi connectivity index (χ1) is 3.42. The van der Waals surface area contributed by atoms with E-state index in [1.807, 2.05) is 6.92 Å². The molecule has 0 aliphatic heterocycles. The zero-order chi connectivity index (χ0) is 6.78. The van der Waals surface area contributed by atoms with Crippen LogP contribution in [-0.4, -0.2) is 0 Å². The Balaban J connectivity index is 3.89. The van der Waals surface area contributed by atoms with Gasteiger partial charge in [0.15, 0.2) is 0 Å². The fraction of sp³-hybridized carbons (Fsp3) is 0.714. The fourth-order valence-electron chi connectivity index (χ4n) is 0.597. The van der Waals surface area contributed by atoms with Crippen LogP contribution in [0.15, 0.2) is 10.6 Å². The minimum Gasteiger partial charge on any atom is -0.0693 e. The lowest BCUT2D eigenvalue weighted by Gasteiger charge is -2.11. The standard InChI is InChI=1S/C7H13Br/c1-6(8)5-7(2,3)4/h5H,1-4H3/b6-5-. The van der Waals surface area contributed by atoms with Gasteiger partial charge in [-0.2, -0.15) is 0 Å². The van der Waals surface area contributed by atoms with Gasteiger partial charge in [-0.15, -0.1) is 0 Å². The van der Waals surface area contributed by atoms with Crippen LogP contribution in [-0.2, 0) is 0 Å². The molecule has 0 radical (unpaired) electrons. The van der Waals surface area contributed by atoms with Crippen molar-refractivity contribution in [2.24, 2.45) is 5.41 Å². The van der Waals surface area contributed by atoms with Crippen LogP contribution in [0.4, 0.5) is 0 Å². The molecule has 0 heterocycles. The van der Waals surface area contributed by atoms with Gasteiger partial charge in [-0.1, -0.05) is 42.8 Å². The largest absolute Gasteiger partial charge is 0.0693 e. The van der Waals surface area contributed by atoms with E-state index in [9.17, 15) is 0 Å². The van der Waals surface area contributed by atoms with Gasteiger partial charge in [-0.25, -0.2) is 0 Å². The summed E-state index contributed by atoms with van der Waals surface area (Å²) in [5, 5.41) is 0. The Morgan fingerprint density at radius 1 is 1.38 bits per heavy atom. The second-order valence-corrected chi connectivity index (χ2v) is 4.35. The van der Waals surface area contributed by atoms with Crippen LogP contribution in [0.25, 0.3) is 0 Å². The van der Waals surface area contributed by atoms with Crippen molar-refractivity contribution in [2.75, 3.05) is 0 Å². The SMILES string of the molecule is C/C(Br)=C/C(C)(C)C. The molecule has 0 N–H and O–H groups in total. The summed E-state index contributed by atoms with van der Waals surface area (Å²) >= 11 is 3.37.